The SMILES string of the molecule is CC(=O)N[C@H]1[C@H]([C@H](O)[C@H](O)CO)O[C@](O)(C(=O)O)C(F)[C@@H]1O. The van der Waals surface area contributed by atoms with Gasteiger partial charge < -0.3 is 40.7 Å². The van der Waals surface area contributed by atoms with Crippen molar-refractivity contribution in [3.63, 3.8) is 0 Å². The van der Waals surface area contributed by atoms with Crippen molar-refractivity contribution < 1.29 is 49.4 Å². The van der Waals surface area contributed by atoms with Gasteiger partial charge >= 0.3 is 11.8 Å². The highest BCUT2D eigenvalue weighted by molar-refractivity contribution is 5.77. The molecule has 0 aliphatic carbocycles. The average molecular weight is 327 g/mol. The third-order valence-corrected chi connectivity index (χ3v) is 3.31. The number of nitrogens with one attached hydrogen (secondary N) is 1. The first-order chi connectivity index (χ1) is 10.1. The van der Waals surface area contributed by atoms with E-state index in [1.54, 1.807) is 0 Å². The smallest absolute Gasteiger partial charge is 0.367 e. The van der Waals surface area contributed by atoms with Crippen molar-refractivity contribution in [2.75, 3.05) is 6.61 Å². The number of carbonyl (C=O) groups excluding carboxylic acids is 1. The molecular weight excluding hydrogens is 309 g/mol. The van der Waals surface area contributed by atoms with E-state index >= 15 is 0 Å². The number of ether oxygens (including phenoxy) is 1. The molecule has 7 atom stereocenters. The minimum atomic E-state index is -3.49. The van der Waals surface area contributed by atoms with Crippen molar-refractivity contribution in [3.8, 4) is 0 Å². The minimum absolute atomic E-state index is 0.767. The topological polar surface area (TPSA) is 177 Å². The van der Waals surface area contributed by atoms with Gasteiger partial charge in [0.25, 0.3) is 0 Å². The van der Waals surface area contributed by atoms with Gasteiger partial charge in [0.2, 0.25) is 5.91 Å². The summed E-state index contributed by atoms with van der Waals surface area (Å²) in [6.45, 7) is 0.0400. The molecule has 11 heteroatoms. The highest BCUT2D eigenvalue weighted by Crippen LogP contribution is 2.32. The Morgan fingerprint density at radius 2 is 1.95 bits per heavy atom. The van der Waals surface area contributed by atoms with E-state index in [1.165, 1.54) is 0 Å². The number of amides is 1. The van der Waals surface area contributed by atoms with Crippen LogP contribution >= 0.6 is 0 Å². The highest BCUT2D eigenvalue weighted by atomic mass is 19.1. The third kappa shape index (κ3) is 3.34. The molecule has 1 unspecified atom stereocenters. The summed E-state index contributed by atoms with van der Waals surface area (Å²) >= 11 is 0. The van der Waals surface area contributed by atoms with Crippen LogP contribution in [-0.2, 0) is 14.3 Å². The summed E-state index contributed by atoms with van der Waals surface area (Å²) in [4.78, 5) is 22.1. The number of carboxylic acid groups (broad SMARTS) is 1. The second kappa shape index (κ2) is 6.81. The predicted octanol–water partition coefficient (Wildman–Crippen LogP) is -3.92. The summed E-state index contributed by atoms with van der Waals surface area (Å²) in [6.07, 6.45) is -10.8. The maximum Gasteiger partial charge on any atom is 0.367 e. The number of alkyl halides is 1. The van der Waals surface area contributed by atoms with Gasteiger partial charge in [0.15, 0.2) is 6.17 Å². The van der Waals surface area contributed by atoms with Crippen LogP contribution in [0.1, 0.15) is 6.92 Å². The Balaban J connectivity index is 3.19. The Labute approximate surface area is 123 Å². The van der Waals surface area contributed by atoms with Gasteiger partial charge in [0, 0.05) is 6.92 Å². The van der Waals surface area contributed by atoms with Crippen LogP contribution in [0, 0.1) is 0 Å². The zero-order valence-corrected chi connectivity index (χ0v) is 11.5. The number of aliphatic hydroxyl groups is 5. The van der Waals surface area contributed by atoms with Gasteiger partial charge in [0.1, 0.15) is 24.4 Å². The molecule has 1 rings (SSSR count). The molecule has 128 valence electrons. The Hall–Kier alpha value is -1.37. The van der Waals surface area contributed by atoms with E-state index in [4.69, 9.17) is 10.2 Å². The van der Waals surface area contributed by atoms with E-state index in [2.05, 4.69) is 4.74 Å². The van der Waals surface area contributed by atoms with Crippen LogP contribution in [0.5, 0.6) is 0 Å². The fourth-order valence-electron chi connectivity index (χ4n) is 2.13. The summed E-state index contributed by atoms with van der Waals surface area (Å²) in [6, 6.07) is -1.66. The van der Waals surface area contributed by atoms with Crippen molar-refractivity contribution in [2.45, 2.75) is 49.3 Å². The lowest BCUT2D eigenvalue weighted by molar-refractivity contribution is -0.320. The van der Waals surface area contributed by atoms with Crippen molar-refractivity contribution in [1.82, 2.24) is 5.32 Å². The summed E-state index contributed by atoms with van der Waals surface area (Å²) in [7, 11) is 0. The van der Waals surface area contributed by atoms with Crippen LogP contribution in [0.3, 0.4) is 0 Å². The molecule has 1 fully saturated rings. The van der Waals surface area contributed by atoms with Crippen LogP contribution in [0.4, 0.5) is 4.39 Å². The fraction of sp³-hybridized carbons (Fsp3) is 0.818. The average Bonchev–Trinajstić information content (AvgIpc) is 2.45. The largest absolute Gasteiger partial charge is 0.477 e. The second-order valence-corrected chi connectivity index (χ2v) is 4.94. The zero-order valence-electron chi connectivity index (χ0n) is 11.5. The lowest BCUT2D eigenvalue weighted by Gasteiger charge is -2.46. The third-order valence-electron chi connectivity index (χ3n) is 3.31. The zero-order chi connectivity index (χ0) is 17.2. The van der Waals surface area contributed by atoms with Crippen LogP contribution in [0.15, 0.2) is 0 Å². The van der Waals surface area contributed by atoms with E-state index in [0.29, 0.717) is 0 Å². The quantitative estimate of drug-likeness (QED) is 0.266. The number of carboxylic acids is 1. The summed E-state index contributed by atoms with van der Waals surface area (Å²) in [5.74, 6) is -6.43. The van der Waals surface area contributed by atoms with Crippen molar-refractivity contribution in [2.24, 2.45) is 0 Å². The van der Waals surface area contributed by atoms with Gasteiger partial charge in [0.05, 0.1) is 12.6 Å². The van der Waals surface area contributed by atoms with Gasteiger partial charge in [-0.15, -0.1) is 0 Å². The maximum atomic E-state index is 13.9. The molecule has 0 aromatic carbocycles. The maximum absolute atomic E-state index is 13.9. The number of aliphatic carboxylic acids is 1. The summed E-state index contributed by atoms with van der Waals surface area (Å²) in [5.41, 5.74) is 0. The van der Waals surface area contributed by atoms with Crippen LogP contribution in [-0.4, -0.2) is 91.5 Å². The molecule has 0 aromatic heterocycles. The molecule has 1 heterocycles. The number of hydrogen-bond acceptors (Lipinski definition) is 8. The molecule has 22 heavy (non-hydrogen) atoms. The first-order valence-corrected chi connectivity index (χ1v) is 6.26. The van der Waals surface area contributed by atoms with Gasteiger partial charge in [-0.3, -0.25) is 4.79 Å². The van der Waals surface area contributed by atoms with Gasteiger partial charge in [-0.05, 0) is 0 Å². The number of carbonyl (C=O) groups is 2. The van der Waals surface area contributed by atoms with Crippen molar-refractivity contribution in [3.05, 3.63) is 0 Å². The van der Waals surface area contributed by atoms with Crippen LogP contribution in [0.2, 0.25) is 0 Å². The fourth-order valence-corrected chi connectivity index (χ4v) is 2.13. The van der Waals surface area contributed by atoms with Crippen molar-refractivity contribution >= 4 is 11.9 Å². The molecule has 0 radical (unpaired) electrons. The first-order valence-electron chi connectivity index (χ1n) is 6.26. The Morgan fingerprint density at radius 3 is 2.36 bits per heavy atom. The van der Waals surface area contributed by atoms with E-state index in [1.807, 2.05) is 5.32 Å². The Morgan fingerprint density at radius 1 is 1.41 bits per heavy atom. The lowest BCUT2D eigenvalue weighted by Crippen LogP contribution is -2.72. The Bertz CT molecular complexity index is 436. The summed E-state index contributed by atoms with van der Waals surface area (Å²) in [5, 5.41) is 58.4. The molecule has 7 N–H and O–H groups in total. The van der Waals surface area contributed by atoms with Gasteiger partial charge in [-0.1, -0.05) is 0 Å². The molecule has 0 bridgehead atoms. The van der Waals surface area contributed by atoms with E-state index in [9.17, 15) is 34.4 Å². The molecule has 10 nitrogen and oxygen atoms in total. The molecule has 1 aliphatic heterocycles. The highest BCUT2D eigenvalue weighted by Gasteiger charge is 2.61. The molecule has 1 amide bonds. The summed E-state index contributed by atoms with van der Waals surface area (Å²) < 4.78 is 18.5. The molecular formula is C11H18FNO9. The Kier molecular flexibility index (Phi) is 5.78. The molecule has 0 saturated carbocycles. The molecule has 0 aromatic rings. The first kappa shape index (κ1) is 18.7. The molecule has 1 saturated heterocycles. The minimum Gasteiger partial charge on any atom is -0.477 e. The number of hydrogen-bond donors (Lipinski definition) is 7. The van der Waals surface area contributed by atoms with E-state index in [0.717, 1.165) is 6.92 Å². The second-order valence-electron chi connectivity index (χ2n) is 4.94. The number of rotatable bonds is 5. The molecule has 1 aliphatic rings. The normalized spacial score (nSPS) is 38.1. The van der Waals surface area contributed by atoms with Crippen molar-refractivity contribution in [1.29, 1.82) is 0 Å². The van der Waals surface area contributed by atoms with Crippen LogP contribution in [0.25, 0.3) is 0 Å². The molecule has 0 spiro atoms. The monoisotopic (exact) mass is 327 g/mol. The number of halogens is 1. The predicted molar refractivity (Wildman–Crippen MR) is 65.1 cm³/mol. The van der Waals surface area contributed by atoms with Gasteiger partial charge in [-0.2, -0.15) is 0 Å². The van der Waals surface area contributed by atoms with E-state index < -0.39 is 60.9 Å². The van der Waals surface area contributed by atoms with E-state index in [-0.39, 0.29) is 0 Å². The van der Waals surface area contributed by atoms with Gasteiger partial charge in [-0.25, -0.2) is 9.18 Å². The van der Waals surface area contributed by atoms with Crippen LogP contribution < -0.4 is 5.32 Å². The number of aliphatic hydroxyl groups excluding tert-OH is 4. The lowest BCUT2D eigenvalue weighted by atomic mass is 9.87. The standard InChI is InChI=1S/C11H18FNO9/c1-3(15)13-5-7(18)9(12)11(21,10(19)20)22-8(5)6(17)4(16)2-14/h4-9,14,16-18,21H,2H2,1H3,(H,13,15)(H,19,20)/t4-,5-,6-,7-,8-,9?,11+/m1/s1.